The molecule has 0 atom stereocenters. The Hall–Kier alpha value is -2.03. The first kappa shape index (κ1) is 15.5. The number of benzene rings is 1. The summed E-state index contributed by atoms with van der Waals surface area (Å²) in [6, 6.07) is 11.0. The molecule has 3 aromatic rings. The first-order valence-electron chi connectivity index (χ1n) is 7.58. The zero-order valence-electron chi connectivity index (χ0n) is 12.7. The van der Waals surface area contributed by atoms with E-state index < -0.39 is 10.0 Å². The number of hydrogen-bond acceptors (Lipinski definition) is 6. The van der Waals surface area contributed by atoms with Gasteiger partial charge in [0.15, 0.2) is 0 Å². The first-order chi connectivity index (χ1) is 11.6. The topological polar surface area (TPSA) is 85.1 Å². The molecular weight excluding hydrogens is 346 g/mol. The van der Waals surface area contributed by atoms with Crippen LogP contribution >= 0.6 is 11.3 Å². The summed E-state index contributed by atoms with van der Waals surface area (Å²) in [5.74, 6) is 1.46. The lowest BCUT2D eigenvalue weighted by molar-refractivity contribution is 0.380. The van der Waals surface area contributed by atoms with E-state index in [1.807, 2.05) is 30.3 Å². The predicted octanol–water partition coefficient (Wildman–Crippen LogP) is 3.15. The van der Waals surface area contributed by atoms with Crippen molar-refractivity contribution in [3.63, 3.8) is 0 Å². The van der Waals surface area contributed by atoms with Gasteiger partial charge < -0.3 is 4.52 Å². The number of rotatable bonds is 6. The molecule has 0 aliphatic heterocycles. The van der Waals surface area contributed by atoms with Gasteiger partial charge in [0, 0.05) is 23.4 Å². The predicted molar refractivity (Wildman–Crippen MR) is 90.1 cm³/mol. The van der Waals surface area contributed by atoms with Crippen molar-refractivity contribution in [2.24, 2.45) is 0 Å². The van der Waals surface area contributed by atoms with E-state index in [4.69, 9.17) is 4.52 Å². The number of nitrogens with zero attached hydrogens (tertiary/aromatic N) is 2. The minimum absolute atomic E-state index is 0.242. The average molecular weight is 361 g/mol. The van der Waals surface area contributed by atoms with Crippen molar-refractivity contribution in [2.75, 3.05) is 0 Å². The van der Waals surface area contributed by atoms with E-state index in [9.17, 15) is 8.42 Å². The number of hydrogen-bond donors (Lipinski definition) is 1. The lowest BCUT2D eigenvalue weighted by Crippen LogP contribution is -2.22. The van der Waals surface area contributed by atoms with Crippen molar-refractivity contribution in [3.05, 3.63) is 53.2 Å². The fraction of sp³-hybridized carbons (Fsp3) is 0.250. The van der Waals surface area contributed by atoms with Crippen LogP contribution in [-0.4, -0.2) is 18.6 Å². The van der Waals surface area contributed by atoms with E-state index >= 15 is 0 Å². The largest absolute Gasteiger partial charge is 0.339 e. The van der Waals surface area contributed by atoms with Crippen molar-refractivity contribution in [1.82, 2.24) is 14.9 Å². The third-order valence-electron chi connectivity index (χ3n) is 3.78. The van der Waals surface area contributed by atoms with E-state index in [0.29, 0.717) is 23.2 Å². The maximum Gasteiger partial charge on any atom is 0.250 e. The van der Waals surface area contributed by atoms with E-state index in [0.717, 1.165) is 29.7 Å². The van der Waals surface area contributed by atoms with Crippen LogP contribution in [-0.2, 0) is 16.6 Å². The molecule has 1 N–H and O–H groups in total. The molecule has 24 heavy (non-hydrogen) atoms. The molecule has 1 aliphatic carbocycles. The highest BCUT2D eigenvalue weighted by Crippen LogP contribution is 2.39. The number of nitrogens with one attached hydrogen (secondary N) is 1. The van der Waals surface area contributed by atoms with Gasteiger partial charge in [-0.25, -0.2) is 13.1 Å². The van der Waals surface area contributed by atoms with Crippen molar-refractivity contribution >= 4 is 21.4 Å². The Labute approximate surface area is 143 Å². The van der Waals surface area contributed by atoms with Gasteiger partial charge in [-0.3, -0.25) is 0 Å². The smallest absolute Gasteiger partial charge is 0.250 e. The number of aromatic nitrogens is 2. The van der Waals surface area contributed by atoms with Crippen LogP contribution < -0.4 is 4.72 Å². The first-order valence-corrected chi connectivity index (χ1v) is 9.94. The maximum atomic E-state index is 12.4. The Morgan fingerprint density at radius 3 is 2.79 bits per heavy atom. The molecule has 1 aliphatic rings. The lowest BCUT2D eigenvalue weighted by atomic mass is 10.2. The highest BCUT2D eigenvalue weighted by atomic mass is 32.2. The van der Waals surface area contributed by atoms with Gasteiger partial charge in [-0.05, 0) is 24.5 Å². The second kappa shape index (κ2) is 6.12. The van der Waals surface area contributed by atoms with Crippen LogP contribution in [0.3, 0.4) is 0 Å². The van der Waals surface area contributed by atoms with Gasteiger partial charge in [0.2, 0.25) is 21.7 Å². The van der Waals surface area contributed by atoms with Gasteiger partial charge >= 0.3 is 0 Å². The van der Waals surface area contributed by atoms with Crippen molar-refractivity contribution in [1.29, 1.82) is 0 Å². The second-order valence-corrected chi connectivity index (χ2v) is 8.60. The summed E-state index contributed by atoms with van der Waals surface area (Å²) < 4.78 is 32.9. The summed E-state index contributed by atoms with van der Waals surface area (Å²) in [4.78, 5) is 4.35. The summed E-state index contributed by atoms with van der Waals surface area (Å²) in [5, 5.41) is 5.68. The minimum Gasteiger partial charge on any atom is -0.339 e. The van der Waals surface area contributed by atoms with Crippen LogP contribution in [0.2, 0.25) is 0 Å². The molecule has 0 radical (unpaired) electrons. The molecule has 0 unspecified atom stereocenters. The van der Waals surface area contributed by atoms with E-state index in [-0.39, 0.29) is 10.8 Å². The van der Waals surface area contributed by atoms with Gasteiger partial charge in [-0.2, -0.15) is 4.98 Å². The SMILES string of the molecule is O=S(=O)(NCc1ccccc1)c1cc(-c2noc(C3CC3)n2)cs1. The van der Waals surface area contributed by atoms with E-state index in [1.165, 1.54) is 0 Å². The zero-order valence-corrected chi connectivity index (χ0v) is 14.3. The van der Waals surface area contributed by atoms with Crippen LogP contribution in [0.25, 0.3) is 11.4 Å². The number of sulfonamides is 1. The summed E-state index contributed by atoms with van der Waals surface area (Å²) >= 11 is 1.15. The molecule has 1 fully saturated rings. The Kier molecular flexibility index (Phi) is 3.95. The highest BCUT2D eigenvalue weighted by Gasteiger charge is 2.30. The molecule has 2 heterocycles. The summed E-state index contributed by atoms with van der Waals surface area (Å²) in [5.41, 5.74) is 1.57. The fourth-order valence-corrected chi connectivity index (χ4v) is 4.49. The Bertz CT molecular complexity index is 944. The Morgan fingerprint density at radius 2 is 2.04 bits per heavy atom. The quantitative estimate of drug-likeness (QED) is 0.729. The molecule has 1 aromatic carbocycles. The molecular formula is C16H15N3O3S2. The van der Waals surface area contributed by atoms with Crippen LogP contribution in [0.15, 0.2) is 50.5 Å². The van der Waals surface area contributed by atoms with E-state index in [1.54, 1.807) is 11.4 Å². The minimum atomic E-state index is -3.56. The molecule has 6 nitrogen and oxygen atoms in total. The van der Waals surface area contributed by atoms with Gasteiger partial charge in [0.25, 0.3) is 0 Å². The van der Waals surface area contributed by atoms with Crippen LogP contribution in [0.4, 0.5) is 0 Å². The summed E-state index contributed by atoms with van der Waals surface area (Å²) in [6.45, 7) is 0.254. The van der Waals surface area contributed by atoms with E-state index in [2.05, 4.69) is 14.9 Å². The molecule has 1 saturated carbocycles. The zero-order chi connectivity index (χ0) is 16.6. The van der Waals surface area contributed by atoms with Gasteiger partial charge in [-0.15, -0.1) is 11.3 Å². The van der Waals surface area contributed by atoms with Crippen LogP contribution in [0, 0.1) is 0 Å². The molecule has 124 valence electrons. The second-order valence-electron chi connectivity index (χ2n) is 5.70. The third-order valence-corrected chi connectivity index (χ3v) is 6.62. The average Bonchev–Trinajstić information content (AvgIpc) is 3.12. The summed E-state index contributed by atoms with van der Waals surface area (Å²) in [6.07, 6.45) is 2.16. The lowest BCUT2D eigenvalue weighted by Gasteiger charge is -2.04. The van der Waals surface area contributed by atoms with Crippen molar-refractivity contribution < 1.29 is 12.9 Å². The summed E-state index contributed by atoms with van der Waals surface area (Å²) in [7, 11) is -3.56. The Balaban J connectivity index is 1.50. The molecule has 4 rings (SSSR count). The van der Waals surface area contributed by atoms with Gasteiger partial charge in [0.1, 0.15) is 4.21 Å². The Morgan fingerprint density at radius 1 is 1.25 bits per heavy atom. The molecule has 2 aromatic heterocycles. The van der Waals surface area contributed by atoms with Crippen LogP contribution in [0.5, 0.6) is 0 Å². The molecule has 0 amide bonds. The maximum absolute atomic E-state index is 12.4. The monoisotopic (exact) mass is 361 g/mol. The molecule has 0 bridgehead atoms. The third kappa shape index (κ3) is 3.26. The van der Waals surface area contributed by atoms with Crippen molar-refractivity contribution in [2.45, 2.75) is 29.5 Å². The molecule has 8 heteroatoms. The molecule has 0 saturated heterocycles. The van der Waals surface area contributed by atoms with Gasteiger partial charge in [-0.1, -0.05) is 35.5 Å². The number of thiophene rings is 1. The standard InChI is InChI=1S/C16H15N3O3S2/c20-24(21,17-9-11-4-2-1-3-5-11)14-8-13(10-23-14)15-18-16(22-19-15)12-6-7-12/h1-5,8,10,12,17H,6-7,9H2. The normalized spacial score (nSPS) is 14.8. The van der Waals surface area contributed by atoms with Crippen molar-refractivity contribution in [3.8, 4) is 11.4 Å². The molecule has 0 spiro atoms. The fourth-order valence-electron chi connectivity index (χ4n) is 2.27. The van der Waals surface area contributed by atoms with Gasteiger partial charge in [0.05, 0.1) is 0 Å². The van der Waals surface area contributed by atoms with Crippen LogP contribution in [0.1, 0.15) is 30.2 Å². The highest BCUT2D eigenvalue weighted by molar-refractivity contribution is 7.91.